The van der Waals surface area contributed by atoms with E-state index in [1.165, 1.54) is 30.7 Å². The molecule has 0 aromatic carbocycles. The maximum absolute atomic E-state index is 12.1. The fraction of sp³-hybridized carbons (Fsp3) is 0.750. The van der Waals surface area contributed by atoms with Gasteiger partial charge in [-0.3, -0.25) is 9.89 Å². The molecule has 30 heavy (non-hydrogen) atoms. The van der Waals surface area contributed by atoms with Crippen LogP contribution in [-0.2, 0) is 9.47 Å². The van der Waals surface area contributed by atoms with Crippen molar-refractivity contribution in [3.63, 3.8) is 0 Å². The normalized spacial score (nSPS) is 22.7. The lowest BCUT2D eigenvalue weighted by molar-refractivity contribution is -0.0432. The van der Waals surface area contributed by atoms with E-state index in [0.29, 0.717) is 29.8 Å². The minimum absolute atomic E-state index is 0. The van der Waals surface area contributed by atoms with Gasteiger partial charge in [0.25, 0.3) is 0 Å². The zero-order chi connectivity index (χ0) is 20.8. The average molecular weight is 551 g/mol. The van der Waals surface area contributed by atoms with Gasteiger partial charge in [-0.2, -0.15) is 0 Å². The minimum atomic E-state index is -0.309. The number of morpholine rings is 1. The van der Waals surface area contributed by atoms with Crippen molar-refractivity contribution < 1.29 is 14.3 Å². The molecule has 8 nitrogen and oxygen atoms in total. The Balaban J connectivity index is 0.00000320. The molecule has 1 aromatic heterocycles. The third-order valence-electron chi connectivity index (χ3n) is 5.26. The van der Waals surface area contributed by atoms with Gasteiger partial charge in [-0.25, -0.2) is 9.78 Å². The predicted molar refractivity (Wildman–Crippen MR) is 130 cm³/mol. The second kappa shape index (κ2) is 12.2. The summed E-state index contributed by atoms with van der Waals surface area (Å²) in [4.78, 5) is 24.4. The fourth-order valence-corrected chi connectivity index (χ4v) is 4.73. The van der Waals surface area contributed by atoms with Crippen molar-refractivity contribution in [2.24, 2.45) is 4.99 Å². The molecule has 0 bridgehead atoms. The molecule has 0 spiro atoms. The predicted octanol–water partition coefficient (Wildman–Crippen LogP) is 2.73. The summed E-state index contributed by atoms with van der Waals surface area (Å²) >= 11 is 1.37. The Morgan fingerprint density at radius 3 is 3.00 bits per heavy atom. The number of hydrogen-bond acceptors (Lipinski definition) is 7. The number of hydrogen-bond donors (Lipinski definition) is 2. The Morgan fingerprint density at radius 1 is 1.47 bits per heavy atom. The molecule has 1 aromatic rings. The smallest absolute Gasteiger partial charge is 0.350 e. The summed E-state index contributed by atoms with van der Waals surface area (Å²) in [6, 6.07) is 0.526. The zero-order valence-electron chi connectivity index (χ0n) is 18.3. The van der Waals surface area contributed by atoms with Crippen LogP contribution in [0, 0.1) is 6.92 Å². The summed E-state index contributed by atoms with van der Waals surface area (Å²) in [5.74, 6) is 0.425. The highest BCUT2D eigenvalue weighted by atomic mass is 127. The van der Waals surface area contributed by atoms with Crippen LogP contribution in [0.1, 0.15) is 60.0 Å². The number of aryl methyl sites for hydroxylation is 1. The maximum Gasteiger partial charge on any atom is 0.350 e. The van der Waals surface area contributed by atoms with Crippen LogP contribution in [-0.4, -0.2) is 73.4 Å². The van der Waals surface area contributed by atoms with Crippen molar-refractivity contribution in [2.45, 2.75) is 58.7 Å². The first-order chi connectivity index (χ1) is 14.0. The Labute approximate surface area is 200 Å². The molecule has 0 radical (unpaired) electrons. The van der Waals surface area contributed by atoms with Gasteiger partial charge >= 0.3 is 5.97 Å². The van der Waals surface area contributed by atoms with Crippen molar-refractivity contribution in [3.05, 3.63) is 15.6 Å². The third-order valence-corrected chi connectivity index (χ3v) is 6.58. The molecule has 0 aliphatic carbocycles. The van der Waals surface area contributed by atoms with Gasteiger partial charge in [0.2, 0.25) is 0 Å². The number of fused-ring (bicyclic) bond motifs is 1. The van der Waals surface area contributed by atoms with E-state index < -0.39 is 0 Å². The van der Waals surface area contributed by atoms with Crippen molar-refractivity contribution in [3.8, 4) is 0 Å². The van der Waals surface area contributed by atoms with E-state index in [1.807, 2.05) is 20.8 Å². The monoisotopic (exact) mass is 551 g/mol. The van der Waals surface area contributed by atoms with Crippen LogP contribution in [0.5, 0.6) is 0 Å². The van der Waals surface area contributed by atoms with E-state index in [0.717, 1.165) is 30.7 Å². The number of carbonyl (C=O) groups is 1. The average Bonchev–Trinajstić information content (AvgIpc) is 3.32. The van der Waals surface area contributed by atoms with Gasteiger partial charge in [0.15, 0.2) is 5.96 Å². The summed E-state index contributed by atoms with van der Waals surface area (Å²) in [5.41, 5.74) is 0.704. The highest BCUT2D eigenvalue weighted by Gasteiger charge is 2.32. The van der Waals surface area contributed by atoms with E-state index >= 15 is 0 Å². The zero-order valence-corrected chi connectivity index (χ0v) is 21.4. The second-order valence-corrected chi connectivity index (χ2v) is 8.55. The largest absolute Gasteiger partial charge is 0.462 e. The van der Waals surface area contributed by atoms with Crippen molar-refractivity contribution in [2.75, 3.05) is 39.4 Å². The molecule has 2 aliphatic rings. The molecule has 170 valence electrons. The van der Waals surface area contributed by atoms with Crippen LogP contribution in [0.15, 0.2) is 4.99 Å². The standard InChI is InChI=1S/C20H33N5O3S.HI/c1-5-21-20(22-10-16-11-25-9-7-8-15(25)12-28-16)24-14(4)18-23-13(3)17(29-18)19(26)27-6-2;/h14-16H,5-12H2,1-4H3,(H2,21,22,24);1H. The summed E-state index contributed by atoms with van der Waals surface area (Å²) < 4.78 is 11.1. The number of aromatic nitrogens is 1. The number of nitrogens with one attached hydrogen (secondary N) is 2. The molecule has 2 N–H and O–H groups in total. The number of aliphatic imine (C=N–C) groups is 1. The number of ether oxygens (including phenoxy) is 2. The Bertz CT molecular complexity index is 729. The Kier molecular flexibility index (Phi) is 10.2. The lowest BCUT2D eigenvalue weighted by Gasteiger charge is -2.34. The summed E-state index contributed by atoms with van der Waals surface area (Å²) in [5, 5.41) is 7.52. The van der Waals surface area contributed by atoms with E-state index in [1.54, 1.807) is 6.92 Å². The topological polar surface area (TPSA) is 88.1 Å². The first-order valence-electron chi connectivity index (χ1n) is 10.6. The second-order valence-electron chi connectivity index (χ2n) is 7.52. The number of rotatable bonds is 7. The van der Waals surface area contributed by atoms with Gasteiger partial charge < -0.3 is 20.1 Å². The van der Waals surface area contributed by atoms with E-state index in [9.17, 15) is 4.79 Å². The molecule has 2 aliphatic heterocycles. The number of carbonyl (C=O) groups excluding carboxylic acids is 1. The molecule has 2 saturated heterocycles. The van der Waals surface area contributed by atoms with Crippen molar-refractivity contribution in [1.82, 2.24) is 20.5 Å². The Hall–Kier alpha value is -0.980. The van der Waals surface area contributed by atoms with Crippen LogP contribution in [0.4, 0.5) is 0 Å². The SMILES string of the molecule is CCNC(=NCC1CN2CCCC2CO1)NC(C)c1nc(C)c(C(=O)OCC)s1.I. The van der Waals surface area contributed by atoms with Crippen molar-refractivity contribution in [1.29, 1.82) is 0 Å². The number of guanidine groups is 1. The summed E-state index contributed by atoms with van der Waals surface area (Å²) in [7, 11) is 0. The molecule has 3 heterocycles. The molecule has 3 unspecified atom stereocenters. The van der Waals surface area contributed by atoms with Crippen LogP contribution < -0.4 is 10.6 Å². The summed E-state index contributed by atoms with van der Waals surface area (Å²) in [6.07, 6.45) is 2.65. The number of thiazole rings is 1. The molecule has 10 heteroatoms. The van der Waals surface area contributed by atoms with Crippen molar-refractivity contribution >= 4 is 47.2 Å². The Morgan fingerprint density at radius 2 is 2.27 bits per heavy atom. The van der Waals surface area contributed by atoms with Gasteiger partial charge in [0, 0.05) is 19.1 Å². The van der Waals surface area contributed by atoms with Crippen LogP contribution in [0.25, 0.3) is 0 Å². The molecular weight excluding hydrogens is 517 g/mol. The first kappa shape index (κ1) is 25.3. The molecule has 0 amide bonds. The molecule has 3 atom stereocenters. The van der Waals surface area contributed by atoms with E-state index in [-0.39, 0.29) is 42.1 Å². The maximum atomic E-state index is 12.1. The van der Waals surface area contributed by atoms with Gasteiger partial charge in [0.1, 0.15) is 9.88 Å². The third kappa shape index (κ3) is 6.51. The quantitative estimate of drug-likeness (QED) is 0.233. The lowest BCUT2D eigenvalue weighted by atomic mass is 10.2. The number of nitrogens with zero attached hydrogens (tertiary/aromatic N) is 3. The lowest BCUT2D eigenvalue weighted by Crippen LogP contribution is -2.47. The van der Waals surface area contributed by atoms with Gasteiger partial charge in [-0.05, 0) is 47.1 Å². The number of halogens is 1. The number of esters is 1. The highest BCUT2D eigenvalue weighted by molar-refractivity contribution is 14.0. The van der Waals surface area contributed by atoms with Crippen LogP contribution in [0.2, 0.25) is 0 Å². The summed E-state index contributed by atoms with van der Waals surface area (Å²) in [6.45, 7) is 12.4. The van der Waals surface area contributed by atoms with Gasteiger partial charge in [-0.1, -0.05) is 0 Å². The first-order valence-corrected chi connectivity index (χ1v) is 11.4. The van der Waals surface area contributed by atoms with E-state index in [2.05, 4.69) is 20.5 Å². The fourth-order valence-electron chi connectivity index (χ4n) is 3.76. The molecular formula is C20H34IN5O3S. The van der Waals surface area contributed by atoms with E-state index in [4.69, 9.17) is 14.5 Å². The highest BCUT2D eigenvalue weighted by Crippen LogP contribution is 2.25. The van der Waals surface area contributed by atoms with Crippen LogP contribution in [0.3, 0.4) is 0 Å². The molecule has 3 rings (SSSR count). The molecule has 2 fully saturated rings. The van der Waals surface area contributed by atoms with Gasteiger partial charge in [-0.15, -0.1) is 35.3 Å². The van der Waals surface area contributed by atoms with Crippen LogP contribution >= 0.6 is 35.3 Å². The minimum Gasteiger partial charge on any atom is -0.462 e. The molecule has 0 saturated carbocycles. The van der Waals surface area contributed by atoms with Gasteiger partial charge in [0.05, 0.1) is 37.6 Å².